The average Bonchev–Trinajstić information content (AvgIpc) is 2.66. The molecule has 0 saturated carbocycles. The summed E-state index contributed by atoms with van der Waals surface area (Å²) in [6.07, 6.45) is -6.24. The second-order valence-electron chi connectivity index (χ2n) is 6.37. The molecule has 2 rings (SSSR count). The highest BCUT2D eigenvalue weighted by molar-refractivity contribution is 5.95. The quantitative estimate of drug-likeness (QED) is 0.766. The molecule has 2 amide bonds. The standard InChI is InChI=1S/C18H21F3N2O5/c1-12(15(24)22-14-5-3-2-4-6-14)28-16(25)13-7-9-23(10-8-13)17(26)27-11-18(19,20)21/h2-6,12-13H,7-11H2,1H3,(H,22,24)/t12-/m0/s1. The van der Waals surface area contributed by atoms with Crippen molar-refractivity contribution >= 4 is 23.7 Å². The Kier molecular flexibility index (Phi) is 7.24. The van der Waals surface area contributed by atoms with Crippen LogP contribution in [0.5, 0.6) is 0 Å². The van der Waals surface area contributed by atoms with Crippen molar-refractivity contribution < 1.29 is 37.0 Å². The number of hydrogen-bond acceptors (Lipinski definition) is 5. The first-order chi connectivity index (χ1) is 13.2. The molecule has 0 spiro atoms. The molecule has 0 bridgehead atoms. The molecule has 1 heterocycles. The van der Waals surface area contributed by atoms with Crippen LogP contribution in [0.4, 0.5) is 23.7 Å². The summed E-state index contributed by atoms with van der Waals surface area (Å²) in [7, 11) is 0. The van der Waals surface area contributed by atoms with Crippen molar-refractivity contribution in [1.29, 1.82) is 0 Å². The first-order valence-corrected chi connectivity index (χ1v) is 8.70. The van der Waals surface area contributed by atoms with Gasteiger partial charge in [-0.3, -0.25) is 9.59 Å². The highest BCUT2D eigenvalue weighted by Gasteiger charge is 2.34. The molecule has 1 aliphatic heterocycles. The lowest BCUT2D eigenvalue weighted by Gasteiger charge is -2.30. The number of alkyl halides is 3. The lowest BCUT2D eigenvalue weighted by Crippen LogP contribution is -2.42. The topological polar surface area (TPSA) is 84.9 Å². The van der Waals surface area contributed by atoms with Gasteiger partial charge in [0.15, 0.2) is 12.7 Å². The van der Waals surface area contributed by atoms with Gasteiger partial charge < -0.3 is 19.7 Å². The van der Waals surface area contributed by atoms with Crippen LogP contribution >= 0.6 is 0 Å². The summed E-state index contributed by atoms with van der Waals surface area (Å²) in [6.45, 7) is -0.0657. The Hall–Kier alpha value is -2.78. The maximum Gasteiger partial charge on any atom is 0.422 e. The number of esters is 1. The summed E-state index contributed by atoms with van der Waals surface area (Å²) in [4.78, 5) is 37.0. The van der Waals surface area contributed by atoms with E-state index in [-0.39, 0.29) is 25.9 Å². The molecule has 0 radical (unpaired) electrons. The number of carbonyl (C=O) groups is 3. The van der Waals surface area contributed by atoms with Gasteiger partial charge in [-0.25, -0.2) is 4.79 Å². The van der Waals surface area contributed by atoms with Crippen molar-refractivity contribution in [3.8, 4) is 0 Å². The van der Waals surface area contributed by atoms with Gasteiger partial charge in [-0.15, -0.1) is 0 Å². The first kappa shape index (κ1) is 21.5. The average molecular weight is 402 g/mol. The van der Waals surface area contributed by atoms with Gasteiger partial charge in [0.2, 0.25) is 0 Å². The van der Waals surface area contributed by atoms with Gasteiger partial charge in [0, 0.05) is 18.8 Å². The Morgan fingerprint density at radius 3 is 2.36 bits per heavy atom. The number of amides is 2. The van der Waals surface area contributed by atoms with Crippen LogP contribution in [0.1, 0.15) is 19.8 Å². The largest absolute Gasteiger partial charge is 0.452 e. The van der Waals surface area contributed by atoms with Crippen molar-refractivity contribution in [2.24, 2.45) is 5.92 Å². The zero-order valence-electron chi connectivity index (χ0n) is 15.2. The van der Waals surface area contributed by atoms with Crippen molar-refractivity contribution in [1.82, 2.24) is 4.90 Å². The molecule has 1 aliphatic rings. The highest BCUT2D eigenvalue weighted by Crippen LogP contribution is 2.21. The third-order valence-electron chi connectivity index (χ3n) is 4.15. The number of carbonyl (C=O) groups excluding carboxylic acids is 3. The van der Waals surface area contributed by atoms with Crippen LogP contribution in [0, 0.1) is 5.92 Å². The smallest absolute Gasteiger partial charge is 0.422 e. The molecule has 154 valence electrons. The molecule has 1 saturated heterocycles. The molecule has 10 heteroatoms. The third kappa shape index (κ3) is 6.75. The molecule has 1 atom stereocenters. The van der Waals surface area contributed by atoms with E-state index < -0.39 is 42.8 Å². The van der Waals surface area contributed by atoms with E-state index in [4.69, 9.17) is 4.74 Å². The van der Waals surface area contributed by atoms with Gasteiger partial charge in [-0.2, -0.15) is 13.2 Å². The van der Waals surface area contributed by atoms with E-state index in [0.717, 1.165) is 4.90 Å². The number of para-hydroxylation sites is 1. The molecule has 0 aromatic heterocycles. The van der Waals surface area contributed by atoms with Crippen molar-refractivity contribution in [3.05, 3.63) is 30.3 Å². The summed E-state index contributed by atoms with van der Waals surface area (Å²) in [5, 5.41) is 2.62. The zero-order chi connectivity index (χ0) is 20.7. The minimum Gasteiger partial charge on any atom is -0.452 e. The molecule has 28 heavy (non-hydrogen) atoms. The van der Waals surface area contributed by atoms with Gasteiger partial charge >= 0.3 is 18.2 Å². The summed E-state index contributed by atoms with van der Waals surface area (Å²) in [5.74, 6) is -1.61. The fourth-order valence-electron chi connectivity index (χ4n) is 2.62. The molecule has 7 nitrogen and oxygen atoms in total. The fraction of sp³-hybridized carbons (Fsp3) is 0.500. The Balaban J connectivity index is 1.75. The summed E-state index contributed by atoms with van der Waals surface area (Å²) in [5.41, 5.74) is 0.570. The zero-order valence-corrected chi connectivity index (χ0v) is 15.2. The van der Waals surface area contributed by atoms with Gasteiger partial charge in [0.25, 0.3) is 5.91 Å². The Morgan fingerprint density at radius 2 is 1.79 bits per heavy atom. The Morgan fingerprint density at radius 1 is 1.18 bits per heavy atom. The van der Waals surface area contributed by atoms with Crippen LogP contribution in [0.15, 0.2) is 30.3 Å². The van der Waals surface area contributed by atoms with E-state index in [2.05, 4.69) is 10.1 Å². The molecule has 0 unspecified atom stereocenters. The highest BCUT2D eigenvalue weighted by atomic mass is 19.4. The van der Waals surface area contributed by atoms with Crippen LogP contribution in [-0.4, -0.2) is 54.8 Å². The number of piperidine rings is 1. The van der Waals surface area contributed by atoms with E-state index >= 15 is 0 Å². The van der Waals surface area contributed by atoms with Gasteiger partial charge in [-0.05, 0) is 31.9 Å². The van der Waals surface area contributed by atoms with Gasteiger partial charge in [-0.1, -0.05) is 18.2 Å². The van der Waals surface area contributed by atoms with Crippen molar-refractivity contribution in [2.45, 2.75) is 32.0 Å². The molecule has 0 aliphatic carbocycles. The Bertz CT molecular complexity index is 688. The number of ether oxygens (including phenoxy) is 2. The van der Waals surface area contributed by atoms with E-state index in [1.54, 1.807) is 30.3 Å². The maximum absolute atomic E-state index is 12.2. The number of nitrogens with zero attached hydrogens (tertiary/aromatic N) is 1. The van der Waals surface area contributed by atoms with E-state index in [0.29, 0.717) is 5.69 Å². The van der Waals surface area contributed by atoms with Crippen LogP contribution in [0.2, 0.25) is 0 Å². The molecule has 1 fully saturated rings. The predicted octanol–water partition coefficient (Wildman–Crippen LogP) is 2.97. The van der Waals surface area contributed by atoms with E-state index in [1.165, 1.54) is 6.92 Å². The minimum atomic E-state index is -4.59. The second-order valence-corrected chi connectivity index (χ2v) is 6.37. The second kappa shape index (κ2) is 9.43. The third-order valence-corrected chi connectivity index (χ3v) is 4.15. The van der Waals surface area contributed by atoms with Crippen LogP contribution in [-0.2, 0) is 19.1 Å². The van der Waals surface area contributed by atoms with Gasteiger partial charge in [0.05, 0.1) is 5.92 Å². The first-order valence-electron chi connectivity index (χ1n) is 8.70. The van der Waals surface area contributed by atoms with Crippen molar-refractivity contribution in [2.75, 3.05) is 25.0 Å². The number of halogens is 3. The van der Waals surface area contributed by atoms with E-state index in [9.17, 15) is 27.6 Å². The van der Waals surface area contributed by atoms with E-state index in [1.807, 2.05) is 0 Å². The molecule has 1 aromatic carbocycles. The normalized spacial score (nSPS) is 16.2. The lowest BCUT2D eigenvalue weighted by molar-refractivity contribution is -0.163. The molecule has 1 N–H and O–H groups in total. The monoisotopic (exact) mass is 402 g/mol. The summed E-state index contributed by atoms with van der Waals surface area (Å²) in [6, 6.07) is 8.68. The number of benzene rings is 1. The number of anilines is 1. The van der Waals surface area contributed by atoms with Crippen LogP contribution < -0.4 is 5.32 Å². The Labute approximate surface area is 159 Å². The maximum atomic E-state index is 12.2. The number of likely N-dealkylation sites (tertiary alicyclic amines) is 1. The lowest BCUT2D eigenvalue weighted by atomic mass is 9.97. The summed E-state index contributed by atoms with van der Waals surface area (Å²) >= 11 is 0. The number of rotatable bonds is 5. The number of hydrogen-bond donors (Lipinski definition) is 1. The predicted molar refractivity (Wildman–Crippen MR) is 92.3 cm³/mol. The fourth-order valence-corrected chi connectivity index (χ4v) is 2.62. The summed E-state index contributed by atoms with van der Waals surface area (Å²) < 4.78 is 45.6. The molecular weight excluding hydrogens is 381 g/mol. The number of nitrogens with one attached hydrogen (secondary N) is 1. The van der Waals surface area contributed by atoms with Crippen LogP contribution in [0.25, 0.3) is 0 Å². The minimum absolute atomic E-state index is 0.0705. The van der Waals surface area contributed by atoms with Gasteiger partial charge in [0.1, 0.15) is 0 Å². The molecular formula is C18H21F3N2O5. The van der Waals surface area contributed by atoms with Crippen LogP contribution in [0.3, 0.4) is 0 Å². The van der Waals surface area contributed by atoms with Crippen molar-refractivity contribution in [3.63, 3.8) is 0 Å². The SMILES string of the molecule is C[C@H](OC(=O)C1CCN(C(=O)OCC(F)(F)F)CC1)C(=O)Nc1ccccc1. The molecule has 1 aromatic rings.